The van der Waals surface area contributed by atoms with Crippen LogP contribution in [-0.4, -0.2) is 27.8 Å². The van der Waals surface area contributed by atoms with E-state index in [-0.39, 0.29) is 18.1 Å². The van der Waals surface area contributed by atoms with Gasteiger partial charge in [-0.15, -0.1) is 0 Å². The molecule has 0 unspecified atom stereocenters. The van der Waals surface area contributed by atoms with Crippen molar-refractivity contribution in [2.45, 2.75) is 19.3 Å². The first kappa shape index (κ1) is 16.6. The van der Waals surface area contributed by atoms with Crippen LogP contribution < -0.4 is 10.1 Å². The molecule has 1 heterocycles. The lowest BCUT2D eigenvalue weighted by molar-refractivity contribution is -0.384. The Kier molecular flexibility index (Phi) is 4.72. The van der Waals surface area contributed by atoms with Gasteiger partial charge >= 0.3 is 6.18 Å². The number of halogens is 3. The van der Waals surface area contributed by atoms with E-state index in [0.717, 1.165) is 4.57 Å². The van der Waals surface area contributed by atoms with Crippen molar-refractivity contribution >= 4 is 11.4 Å². The highest BCUT2D eigenvalue weighted by atomic mass is 19.4. The molecule has 2 rings (SSSR count). The summed E-state index contributed by atoms with van der Waals surface area (Å²) in [7, 11) is 1.39. The highest BCUT2D eigenvalue weighted by Gasteiger charge is 2.28. The third kappa shape index (κ3) is 4.34. The fraction of sp³-hybridized carbons (Fsp3) is 0.308. The Morgan fingerprint density at radius 2 is 2.17 bits per heavy atom. The number of nitrogens with one attached hydrogen (secondary N) is 1. The van der Waals surface area contributed by atoms with E-state index < -0.39 is 17.6 Å². The third-order valence-electron chi connectivity index (χ3n) is 2.98. The van der Waals surface area contributed by atoms with Crippen LogP contribution in [-0.2, 0) is 13.1 Å². The molecular weight excluding hydrogens is 317 g/mol. The van der Waals surface area contributed by atoms with Crippen LogP contribution in [0.4, 0.5) is 24.5 Å². The van der Waals surface area contributed by atoms with Crippen molar-refractivity contribution in [2.24, 2.45) is 0 Å². The van der Waals surface area contributed by atoms with E-state index in [1.807, 2.05) is 0 Å². The fourth-order valence-electron chi connectivity index (χ4n) is 1.97. The number of imidazole rings is 1. The zero-order chi connectivity index (χ0) is 17.0. The zero-order valence-electron chi connectivity index (χ0n) is 12.0. The van der Waals surface area contributed by atoms with Crippen LogP contribution in [0.15, 0.2) is 30.6 Å². The third-order valence-corrected chi connectivity index (χ3v) is 2.98. The number of methoxy groups -OCH3 is 1. The first-order valence-corrected chi connectivity index (χ1v) is 6.43. The molecule has 1 aromatic heterocycles. The molecule has 23 heavy (non-hydrogen) atoms. The molecule has 0 aliphatic rings. The first-order chi connectivity index (χ1) is 10.8. The van der Waals surface area contributed by atoms with E-state index in [0.29, 0.717) is 11.4 Å². The molecule has 0 atom stereocenters. The maximum absolute atomic E-state index is 12.5. The number of non-ortho nitro benzene ring substituents is 1. The predicted octanol–water partition coefficient (Wildman–Crippen LogP) is 2.97. The van der Waals surface area contributed by atoms with Gasteiger partial charge in [0, 0.05) is 24.5 Å². The van der Waals surface area contributed by atoms with E-state index in [1.165, 1.54) is 37.7 Å². The van der Waals surface area contributed by atoms with Crippen LogP contribution in [0.5, 0.6) is 5.75 Å². The molecule has 1 N–H and O–H groups in total. The monoisotopic (exact) mass is 330 g/mol. The first-order valence-electron chi connectivity index (χ1n) is 6.43. The second-order valence-corrected chi connectivity index (χ2v) is 4.58. The highest BCUT2D eigenvalue weighted by Crippen LogP contribution is 2.29. The number of hydrogen-bond donors (Lipinski definition) is 1. The Balaban J connectivity index is 2.16. The van der Waals surface area contributed by atoms with Crippen LogP contribution >= 0.6 is 0 Å². The molecule has 0 fully saturated rings. The second kappa shape index (κ2) is 6.55. The van der Waals surface area contributed by atoms with Crippen LogP contribution in [0.25, 0.3) is 0 Å². The summed E-state index contributed by atoms with van der Waals surface area (Å²) in [5.41, 5.74) is 0.134. The molecule has 0 aliphatic heterocycles. The number of hydrogen-bond acceptors (Lipinski definition) is 5. The molecule has 0 bridgehead atoms. The predicted molar refractivity (Wildman–Crippen MR) is 75.3 cm³/mol. The quantitative estimate of drug-likeness (QED) is 0.650. The van der Waals surface area contributed by atoms with Gasteiger partial charge in [-0.25, -0.2) is 4.98 Å². The van der Waals surface area contributed by atoms with Gasteiger partial charge in [0.15, 0.2) is 0 Å². The lowest BCUT2D eigenvalue weighted by Gasteiger charge is -2.13. The average molecular weight is 330 g/mol. The number of alkyl halides is 3. The number of nitrogens with zero attached hydrogens (tertiary/aromatic N) is 3. The molecule has 0 saturated heterocycles. The van der Waals surface area contributed by atoms with Crippen molar-refractivity contribution in [3.8, 4) is 5.75 Å². The Bertz CT molecular complexity index is 700. The minimum absolute atomic E-state index is 0.0411. The molecule has 2 aromatic rings. The van der Waals surface area contributed by atoms with Gasteiger partial charge in [0.25, 0.3) is 5.69 Å². The van der Waals surface area contributed by atoms with E-state index in [4.69, 9.17) is 4.74 Å². The number of nitro benzene ring substituents is 1. The van der Waals surface area contributed by atoms with Crippen molar-refractivity contribution in [3.05, 3.63) is 46.5 Å². The van der Waals surface area contributed by atoms with Crippen molar-refractivity contribution in [3.63, 3.8) is 0 Å². The Hall–Kier alpha value is -2.78. The van der Waals surface area contributed by atoms with Gasteiger partial charge in [-0.2, -0.15) is 13.2 Å². The van der Waals surface area contributed by atoms with Gasteiger partial charge in [-0.1, -0.05) is 0 Å². The maximum atomic E-state index is 12.5. The Labute approximate surface area is 128 Å². The van der Waals surface area contributed by atoms with Crippen molar-refractivity contribution < 1.29 is 22.8 Å². The Morgan fingerprint density at radius 1 is 1.43 bits per heavy atom. The summed E-state index contributed by atoms with van der Waals surface area (Å²) in [6.07, 6.45) is -1.89. The van der Waals surface area contributed by atoms with E-state index in [2.05, 4.69) is 10.3 Å². The molecule has 124 valence electrons. The number of nitro groups is 1. The maximum Gasteiger partial charge on any atom is 0.406 e. The van der Waals surface area contributed by atoms with Gasteiger partial charge in [-0.05, 0) is 6.07 Å². The van der Waals surface area contributed by atoms with Gasteiger partial charge in [0.05, 0.1) is 24.3 Å². The van der Waals surface area contributed by atoms with E-state index in [1.54, 1.807) is 0 Å². The van der Waals surface area contributed by atoms with Crippen molar-refractivity contribution in [1.82, 2.24) is 9.55 Å². The summed E-state index contributed by atoms with van der Waals surface area (Å²) in [5, 5.41) is 13.6. The van der Waals surface area contributed by atoms with Crippen LogP contribution in [0, 0.1) is 10.1 Å². The van der Waals surface area contributed by atoms with Crippen LogP contribution in [0.2, 0.25) is 0 Å². The van der Waals surface area contributed by atoms with Crippen LogP contribution in [0.1, 0.15) is 5.82 Å². The van der Waals surface area contributed by atoms with Crippen molar-refractivity contribution in [1.29, 1.82) is 0 Å². The van der Waals surface area contributed by atoms with Gasteiger partial charge < -0.3 is 14.6 Å². The summed E-state index contributed by atoms with van der Waals surface area (Å²) in [4.78, 5) is 14.1. The zero-order valence-corrected chi connectivity index (χ0v) is 12.0. The molecule has 10 heteroatoms. The number of anilines is 1. The number of aromatic nitrogens is 2. The smallest absolute Gasteiger partial charge is 0.406 e. The SMILES string of the molecule is COc1ccc([N+](=O)[O-])cc1NCc1nccn1CC(F)(F)F. The van der Waals surface area contributed by atoms with Gasteiger partial charge in [0.1, 0.15) is 18.1 Å². The summed E-state index contributed by atoms with van der Waals surface area (Å²) >= 11 is 0. The van der Waals surface area contributed by atoms with Gasteiger partial charge in [-0.3, -0.25) is 10.1 Å². The molecule has 0 spiro atoms. The number of rotatable bonds is 6. The minimum Gasteiger partial charge on any atom is -0.495 e. The van der Waals surface area contributed by atoms with Crippen LogP contribution in [0.3, 0.4) is 0 Å². The van der Waals surface area contributed by atoms with Crippen molar-refractivity contribution in [2.75, 3.05) is 12.4 Å². The molecule has 0 radical (unpaired) electrons. The molecule has 0 saturated carbocycles. The number of ether oxygens (including phenoxy) is 1. The minimum atomic E-state index is -4.36. The highest BCUT2D eigenvalue weighted by molar-refractivity contribution is 5.61. The lowest BCUT2D eigenvalue weighted by Crippen LogP contribution is -2.20. The van der Waals surface area contributed by atoms with E-state index >= 15 is 0 Å². The normalized spacial score (nSPS) is 11.3. The summed E-state index contributed by atoms with van der Waals surface area (Å²) in [6, 6.07) is 3.92. The topological polar surface area (TPSA) is 82.2 Å². The molecule has 7 nitrogen and oxygen atoms in total. The largest absolute Gasteiger partial charge is 0.495 e. The van der Waals surface area contributed by atoms with Gasteiger partial charge in [0.2, 0.25) is 0 Å². The Morgan fingerprint density at radius 3 is 2.78 bits per heavy atom. The molecule has 0 amide bonds. The summed E-state index contributed by atoms with van der Waals surface area (Å²) < 4.78 is 43.4. The van der Waals surface area contributed by atoms with E-state index in [9.17, 15) is 23.3 Å². The lowest BCUT2D eigenvalue weighted by atomic mass is 10.2. The molecule has 0 aliphatic carbocycles. The summed E-state index contributed by atoms with van der Waals surface area (Å²) in [5.74, 6) is 0.486. The summed E-state index contributed by atoms with van der Waals surface area (Å²) in [6.45, 7) is -1.20. The molecule has 1 aromatic carbocycles. The molecular formula is C13H13F3N4O3. The fourth-order valence-corrected chi connectivity index (χ4v) is 1.97. The average Bonchev–Trinajstić information content (AvgIpc) is 2.89. The second-order valence-electron chi connectivity index (χ2n) is 4.58. The number of benzene rings is 1. The standard InChI is InChI=1S/C13H13F3N4O3/c1-23-11-3-2-9(20(21)22)6-10(11)18-7-12-17-4-5-19(12)8-13(14,15)16/h2-6,18H,7-8H2,1H3.